The number of nitrogen functional groups attached to an aromatic ring is 1. The van der Waals surface area contributed by atoms with Gasteiger partial charge in [0.05, 0.1) is 23.5 Å². The monoisotopic (exact) mass is 479 g/mol. The SMILES string of the molecule is C=CC(=O)N[C@H]1CC[C@@H](C2=Cc3ncnc(N)c3C(c3ccc(Oc4ccccc4)cc3)=NC2)CC1. The van der Waals surface area contributed by atoms with Gasteiger partial charge in [0.1, 0.15) is 23.6 Å². The number of fused-ring (bicyclic) bond motifs is 1. The molecule has 0 saturated heterocycles. The molecule has 2 aromatic carbocycles. The van der Waals surface area contributed by atoms with Crippen LogP contribution in [0, 0.1) is 5.92 Å². The normalized spacial score (nSPS) is 19.2. The third-order valence-electron chi connectivity index (χ3n) is 6.77. The van der Waals surface area contributed by atoms with E-state index in [4.69, 9.17) is 15.5 Å². The van der Waals surface area contributed by atoms with Crippen molar-refractivity contribution < 1.29 is 9.53 Å². The Morgan fingerprint density at radius 2 is 1.72 bits per heavy atom. The van der Waals surface area contributed by atoms with E-state index in [1.807, 2.05) is 54.6 Å². The Labute approximate surface area is 210 Å². The molecule has 3 N–H and O–H groups in total. The van der Waals surface area contributed by atoms with Gasteiger partial charge in [-0.25, -0.2) is 9.97 Å². The molecule has 7 heteroatoms. The second-order valence-electron chi connectivity index (χ2n) is 9.10. The van der Waals surface area contributed by atoms with Crippen LogP contribution in [-0.2, 0) is 4.79 Å². The number of aromatic nitrogens is 2. The lowest BCUT2D eigenvalue weighted by atomic mass is 9.81. The van der Waals surface area contributed by atoms with E-state index in [-0.39, 0.29) is 11.9 Å². The topological polar surface area (TPSA) is 102 Å². The number of ether oxygens (including phenoxy) is 1. The summed E-state index contributed by atoms with van der Waals surface area (Å²) >= 11 is 0. The first-order valence-electron chi connectivity index (χ1n) is 12.2. The third kappa shape index (κ3) is 5.20. The van der Waals surface area contributed by atoms with Crippen LogP contribution in [0.4, 0.5) is 5.82 Å². The number of amides is 1. The smallest absolute Gasteiger partial charge is 0.243 e. The molecule has 0 unspecified atom stereocenters. The number of carbonyl (C=O) groups is 1. The van der Waals surface area contributed by atoms with Crippen molar-refractivity contribution in [1.82, 2.24) is 15.3 Å². The van der Waals surface area contributed by atoms with Crippen LogP contribution >= 0.6 is 0 Å². The number of para-hydroxylation sites is 1. The number of benzene rings is 2. The maximum absolute atomic E-state index is 11.7. The minimum absolute atomic E-state index is 0.109. The molecule has 0 bridgehead atoms. The number of hydrogen-bond acceptors (Lipinski definition) is 6. The fourth-order valence-electron chi connectivity index (χ4n) is 4.89. The van der Waals surface area contributed by atoms with Crippen molar-refractivity contribution in [2.75, 3.05) is 12.3 Å². The van der Waals surface area contributed by atoms with Gasteiger partial charge in [0, 0.05) is 11.6 Å². The summed E-state index contributed by atoms with van der Waals surface area (Å²) in [5.74, 6) is 2.22. The van der Waals surface area contributed by atoms with E-state index in [1.165, 1.54) is 18.0 Å². The summed E-state index contributed by atoms with van der Waals surface area (Å²) in [4.78, 5) is 25.5. The van der Waals surface area contributed by atoms with Gasteiger partial charge in [0.25, 0.3) is 0 Å². The maximum atomic E-state index is 11.7. The number of rotatable bonds is 6. The van der Waals surface area contributed by atoms with Gasteiger partial charge in [-0.2, -0.15) is 0 Å². The molecule has 0 spiro atoms. The summed E-state index contributed by atoms with van der Waals surface area (Å²) < 4.78 is 5.94. The Balaban J connectivity index is 1.37. The second kappa shape index (κ2) is 10.6. The van der Waals surface area contributed by atoms with Crippen LogP contribution in [0.3, 0.4) is 0 Å². The van der Waals surface area contributed by atoms with Crippen LogP contribution < -0.4 is 15.8 Å². The van der Waals surface area contributed by atoms with Crippen LogP contribution in [-0.4, -0.2) is 34.2 Å². The summed E-state index contributed by atoms with van der Waals surface area (Å²) in [5.41, 5.74) is 10.8. The highest BCUT2D eigenvalue weighted by Crippen LogP contribution is 2.34. The molecule has 0 atom stereocenters. The fourth-order valence-corrected chi connectivity index (χ4v) is 4.89. The molecule has 1 saturated carbocycles. The largest absolute Gasteiger partial charge is 0.457 e. The first kappa shape index (κ1) is 23.5. The summed E-state index contributed by atoms with van der Waals surface area (Å²) in [5, 5.41) is 3.02. The maximum Gasteiger partial charge on any atom is 0.243 e. The molecule has 36 heavy (non-hydrogen) atoms. The Bertz CT molecular complexity index is 1310. The van der Waals surface area contributed by atoms with Crippen molar-refractivity contribution in [2.24, 2.45) is 10.9 Å². The lowest BCUT2D eigenvalue weighted by Gasteiger charge is -2.30. The fraction of sp³-hybridized carbons (Fsp3) is 0.241. The van der Waals surface area contributed by atoms with E-state index in [1.54, 1.807) is 0 Å². The Hall–Kier alpha value is -4.26. The average molecular weight is 480 g/mol. The predicted octanol–water partition coefficient (Wildman–Crippen LogP) is 4.95. The van der Waals surface area contributed by atoms with Gasteiger partial charge in [-0.3, -0.25) is 9.79 Å². The molecular formula is C29H29N5O2. The van der Waals surface area contributed by atoms with E-state index < -0.39 is 0 Å². The van der Waals surface area contributed by atoms with E-state index >= 15 is 0 Å². The molecule has 3 aromatic rings. The van der Waals surface area contributed by atoms with Gasteiger partial charge in [-0.15, -0.1) is 0 Å². The highest BCUT2D eigenvalue weighted by molar-refractivity contribution is 6.17. The van der Waals surface area contributed by atoms with E-state index in [0.717, 1.165) is 59.7 Å². The van der Waals surface area contributed by atoms with Gasteiger partial charge in [-0.1, -0.05) is 24.8 Å². The molecule has 1 aromatic heterocycles. The molecule has 7 nitrogen and oxygen atoms in total. The second-order valence-corrected chi connectivity index (χ2v) is 9.10. The summed E-state index contributed by atoms with van der Waals surface area (Å²) in [6, 6.07) is 17.7. The quantitative estimate of drug-likeness (QED) is 0.487. The minimum atomic E-state index is -0.109. The molecule has 2 heterocycles. The van der Waals surface area contributed by atoms with Crippen LogP contribution in [0.5, 0.6) is 11.5 Å². The molecule has 1 aliphatic heterocycles. The number of hydrogen-bond donors (Lipinski definition) is 2. The number of aliphatic imine (C=N–C) groups is 1. The molecule has 1 fully saturated rings. The van der Waals surface area contributed by atoms with Crippen molar-refractivity contribution in [3.8, 4) is 11.5 Å². The number of nitrogens with zero attached hydrogens (tertiary/aromatic N) is 3. The van der Waals surface area contributed by atoms with Gasteiger partial charge >= 0.3 is 0 Å². The highest BCUT2D eigenvalue weighted by Gasteiger charge is 2.27. The first-order valence-corrected chi connectivity index (χ1v) is 12.2. The molecule has 0 radical (unpaired) electrons. The van der Waals surface area contributed by atoms with E-state index in [9.17, 15) is 4.79 Å². The summed E-state index contributed by atoms with van der Waals surface area (Å²) in [7, 11) is 0. The Morgan fingerprint density at radius 3 is 2.44 bits per heavy atom. The van der Waals surface area contributed by atoms with E-state index in [0.29, 0.717) is 18.3 Å². The van der Waals surface area contributed by atoms with Crippen LogP contribution in [0.1, 0.15) is 42.5 Å². The molecule has 5 rings (SSSR count). The van der Waals surface area contributed by atoms with Crippen molar-refractivity contribution in [3.05, 3.63) is 96.0 Å². The highest BCUT2D eigenvalue weighted by atomic mass is 16.5. The van der Waals surface area contributed by atoms with Crippen LogP contribution in [0.25, 0.3) is 6.08 Å². The van der Waals surface area contributed by atoms with Crippen molar-refractivity contribution in [2.45, 2.75) is 31.7 Å². The van der Waals surface area contributed by atoms with E-state index in [2.05, 4.69) is 27.9 Å². The standard InChI is InChI=1S/C29H29N5O2/c1-2-26(35)34-22-12-8-19(9-13-22)21-16-25-27(29(30)33-18-32-25)28(31-17-21)20-10-14-24(15-11-20)36-23-6-4-3-5-7-23/h2-7,10-11,14-16,18-19,22H,1,8-9,12-13,17H2,(H,34,35)(H2,30,32,33)/t19-,22+. The Kier molecular flexibility index (Phi) is 6.89. The zero-order chi connectivity index (χ0) is 24.9. The lowest BCUT2D eigenvalue weighted by molar-refractivity contribution is -0.117. The average Bonchev–Trinajstić information content (AvgIpc) is 3.11. The van der Waals surface area contributed by atoms with Gasteiger partial charge < -0.3 is 15.8 Å². The molecule has 2 aliphatic rings. The predicted molar refractivity (Wildman–Crippen MR) is 142 cm³/mol. The molecule has 182 valence electrons. The van der Waals surface area contributed by atoms with Crippen molar-refractivity contribution >= 4 is 23.5 Å². The minimum Gasteiger partial charge on any atom is -0.457 e. The number of carbonyl (C=O) groups excluding carboxylic acids is 1. The molecule has 1 aliphatic carbocycles. The lowest BCUT2D eigenvalue weighted by Crippen LogP contribution is -2.37. The van der Waals surface area contributed by atoms with Gasteiger partial charge in [0.2, 0.25) is 5.91 Å². The first-order chi connectivity index (χ1) is 17.6. The summed E-state index contributed by atoms with van der Waals surface area (Å²) in [6.07, 6.45) is 8.80. The number of nitrogens with two attached hydrogens (primary N) is 1. The molecular weight excluding hydrogens is 450 g/mol. The van der Waals surface area contributed by atoms with Crippen molar-refractivity contribution in [3.63, 3.8) is 0 Å². The van der Waals surface area contributed by atoms with Gasteiger partial charge in [-0.05, 0) is 85.7 Å². The Morgan fingerprint density at radius 1 is 1.00 bits per heavy atom. The van der Waals surface area contributed by atoms with Crippen LogP contribution in [0.15, 0.2) is 84.1 Å². The third-order valence-corrected chi connectivity index (χ3v) is 6.77. The van der Waals surface area contributed by atoms with Crippen LogP contribution in [0.2, 0.25) is 0 Å². The zero-order valence-electron chi connectivity index (χ0n) is 20.1. The zero-order valence-corrected chi connectivity index (χ0v) is 20.1. The molecule has 1 amide bonds. The number of anilines is 1. The summed E-state index contributed by atoms with van der Waals surface area (Å²) in [6.45, 7) is 4.11. The van der Waals surface area contributed by atoms with Crippen molar-refractivity contribution in [1.29, 1.82) is 0 Å². The van der Waals surface area contributed by atoms with Gasteiger partial charge in [0.15, 0.2) is 0 Å². The number of nitrogens with one attached hydrogen (secondary N) is 1.